The first-order chi connectivity index (χ1) is 15.8. The highest BCUT2D eigenvalue weighted by Crippen LogP contribution is 2.38. The lowest BCUT2D eigenvalue weighted by Gasteiger charge is -2.32. The topological polar surface area (TPSA) is 92.8 Å². The van der Waals surface area contributed by atoms with Crippen molar-refractivity contribution in [1.82, 2.24) is 4.31 Å². The van der Waals surface area contributed by atoms with Gasteiger partial charge in [-0.3, -0.25) is 9.59 Å². The molecule has 0 radical (unpaired) electrons. The Morgan fingerprint density at radius 3 is 2.36 bits per heavy atom. The minimum atomic E-state index is -4.28. The lowest BCUT2D eigenvalue weighted by atomic mass is 10.0. The van der Waals surface area contributed by atoms with E-state index in [1.165, 1.54) is 37.4 Å². The number of allylic oxidation sites excluding steroid dienone is 1. The number of hydrogen-bond acceptors (Lipinski definition) is 5. The van der Waals surface area contributed by atoms with E-state index in [0.717, 1.165) is 10.4 Å². The molecule has 168 valence electrons. The van der Waals surface area contributed by atoms with Crippen molar-refractivity contribution < 1.29 is 27.1 Å². The van der Waals surface area contributed by atoms with Gasteiger partial charge in [-0.05, 0) is 30.3 Å². The Labute approximate surface area is 190 Å². The van der Waals surface area contributed by atoms with Crippen LogP contribution in [0.15, 0.2) is 89.5 Å². The lowest BCUT2D eigenvalue weighted by Crippen LogP contribution is -2.42. The Kier molecular flexibility index (Phi) is 5.97. The number of amides is 1. The Morgan fingerprint density at radius 1 is 0.970 bits per heavy atom. The van der Waals surface area contributed by atoms with Crippen LogP contribution in [-0.2, 0) is 19.6 Å². The van der Waals surface area contributed by atoms with Gasteiger partial charge in [0.15, 0.2) is 5.76 Å². The van der Waals surface area contributed by atoms with Crippen molar-refractivity contribution in [2.45, 2.75) is 4.90 Å². The van der Waals surface area contributed by atoms with Crippen molar-refractivity contribution >= 4 is 33.2 Å². The largest absolute Gasteiger partial charge is 0.494 e. The van der Waals surface area contributed by atoms with Crippen LogP contribution in [0.1, 0.15) is 15.9 Å². The van der Waals surface area contributed by atoms with E-state index in [9.17, 15) is 22.4 Å². The van der Waals surface area contributed by atoms with Crippen LogP contribution in [0.5, 0.6) is 0 Å². The number of sulfonamides is 1. The van der Waals surface area contributed by atoms with Crippen molar-refractivity contribution in [1.29, 1.82) is 0 Å². The van der Waals surface area contributed by atoms with Crippen molar-refractivity contribution in [2.24, 2.45) is 0 Å². The highest BCUT2D eigenvalue weighted by Gasteiger charge is 2.41. The van der Waals surface area contributed by atoms with Gasteiger partial charge in [0.05, 0.1) is 12.0 Å². The number of nitrogens with one attached hydrogen (secondary N) is 1. The van der Waals surface area contributed by atoms with Crippen LogP contribution in [0.2, 0.25) is 0 Å². The Morgan fingerprint density at radius 2 is 1.67 bits per heavy atom. The first kappa shape index (κ1) is 22.2. The summed E-state index contributed by atoms with van der Waals surface area (Å²) in [6.45, 7) is -0.714. The van der Waals surface area contributed by atoms with E-state index in [1.54, 1.807) is 42.5 Å². The summed E-state index contributed by atoms with van der Waals surface area (Å²) in [6, 6.07) is 19.4. The number of ether oxygens (including phenoxy) is 1. The summed E-state index contributed by atoms with van der Waals surface area (Å²) < 4.78 is 46.7. The molecule has 0 bridgehead atoms. The van der Waals surface area contributed by atoms with E-state index in [-0.39, 0.29) is 33.2 Å². The number of Topliss-reactive ketones (excluding diaryl/α,β-unsaturated/α-hetero) is 1. The van der Waals surface area contributed by atoms with Crippen LogP contribution in [0.3, 0.4) is 0 Å². The van der Waals surface area contributed by atoms with Crippen molar-refractivity contribution in [3.8, 4) is 0 Å². The summed E-state index contributed by atoms with van der Waals surface area (Å²) in [7, 11) is -2.96. The zero-order chi connectivity index (χ0) is 23.6. The molecule has 4 rings (SSSR count). The fourth-order valence-electron chi connectivity index (χ4n) is 3.57. The highest BCUT2D eigenvalue weighted by molar-refractivity contribution is 7.89. The van der Waals surface area contributed by atoms with Gasteiger partial charge in [0.1, 0.15) is 18.1 Å². The van der Waals surface area contributed by atoms with Gasteiger partial charge in [-0.25, -0.2) is 17.1 Å². The maximum Gasteiger partial charge on any atom is 0.265 e. The molecule has 0 saturated carbocycles. The van der Waals surface area contributed by atoms with Gasteiger partial charge in [-0.1, -0.05) is 48.5 Å². The summed E-state index contributed by atoms with van der Waals surface area (Å²) in [5.41, 5.74) is 0.326. The van der Waals surface area contributed by atoms with Crippen LogP contribution in [0.25, 0.3) is 5.76 Å². The molecule has 1 aliphatic rings. The molecule has 0 atom stereocenters. The standard InChI is InChI=1S/C24H19FN2O5S/c1-32-24-19-12-5-6-13-20(19)33(30,31)27(22(24)23(29)16-8-3-2-4-9-16)15-21(28)26-18-11-7-10-17(25)14-18/h2-14H,15H2,1H3,(H,26,28). The zero-order valence-electron chi connectivity index (χ0n) is 17.5. The molecule has 1 N–H and O–H groups in total. The number of fused-ring (bicyclic) bond motifs is 1. The third-order valence-corrected chi connectivity index (χ3v) is 6.82. The number of benzene rings is 3. The van der Waals surface area contributed by atoms with E-state index in [0.29, 0.717) is 0 Å². The van der Waals surface area contributed by atoms with E-state index in [4.69, 9.17) is 4.74 Å². The summed E-state index contributed by atoms with van der Waals surface area (Å²) >= 11 is 0. The number of ketones is 1. The molecule has 1 amide bonds. The number of carbonyl (C=O) groups is 2. The first-order valence-corrected chi connectivity index (χ1v) is 11.3. The van der Waals surface area contributed by atoms with E-state index in [1.807, 2.05) is 0 Å². The first-order valence-electron chi connectivity index (χ1n) is 9.88. The molecule has 0 spiro atoms. The molecule has 0 saturated heterocycles. The number of carbonyl (C=O) groups excluding carboxylic acids is 2. The van der Waals surface area contributed by atoms with Crippen LogP contribution >= 0.6 is 0 Å². The smallest absolute Gasteiger partial charge is 0.265 e. The molecular formula is C24H19FN2O5S. The second-order valence-electron chi connectivity index (χ2n) is 7.14. The number of nitrogens with zero attached hydrogens (tertiary/aromatic N) is 1. The molecule has 1 heterocycles. The van der Waals surface area contributed by atoms with Gasteiger partial charge in [0.2, 0.25) is 11.7 Å². The average Bonchev–Trinajstić information content (AvgIpc) is 2.81. The molecule has 33 heavy (non-hydrogen) atoms. The Bertz CT molecular complexity index is 1370. The number of anilines is 1. The normalized spacial score (nSPS) is 14.4. The monoisotopic (exact) mass is 466 g/mol. The molecule has 0 aromatic heterocycles. The van der Waals surface area contributed by atoms with Gasteiger partial charge in [0.25, 0.3) is 10.0 Å². The van der Waals surface area contributed by atoms with Crippen LogP contribution in [0, 0.1) is 5.82 Å². The quantitative estimate of drug-likeness (QED) is 0.560. The second-order valence-corrected chi connectivity index (χ2v) is 8.97. The van der Waals surface area contributed by atoms with E-state index < -0.39 is 34.1 Å². The summed E-state index contributed by atoms with van der Waals surface area (Å²) in [6.07, 6.45) is 0. The predicted octanol–water partition coefficient (Wildman–Crippen LogP) is 3.67. The molecular weight excluding hydrogens is 447 g/mol. The summed E-state index contributed by atoms with van der Waals surface area (Å²) in [4.78, 5) is 26.1. The predicted molar refractivity (Wildman–Crippen MR) is 120 cm³/mol. The van der Waals surface area contributed by atoms with E-state index >= 15 is 0 Å². The number of methoxy groups -OCH3 is 1. The number of halogens is 1. The number of hydrogen-bond donors (Lipinski definition) is 1. The molecule has 0 aliphatic carbocycles. The van der Waals surface area contributed by atoms with Crippen LogP contribution in [-0.4, -0.2) is 38.1 Å². The molecule has 3 aromatic rings. The minimum Gasteiger partial charge on any atom is -0.494 e. The second kappa shape index (κ2) is 8.87. The van der Waals surface area contributed by atoms with Crippen molar-refractivity contribution in [3.63, 3.8) is 0 Å². The maximum absolute atomic E-state index is 13.5. The van der Waals surface area contributed by atoms with Gasteiger partial charge >= 0.3 is 0 Å². The van der Waals surface area contributed by atoms with Crippen molar-refractivity contribution in [2.75, 3.05) is 19.0 Å². The molecule has 7 nitrogen and oxygen atoms in total. The van der Waals surface area contributed by atoms with Gasteiger partial charge in [-0.2, -0.15) is 0 Å². The third-order valence-electron chi connectivity index (χ3n) is 5.01. The SMILES string of the molecule is COC1=C(C(=O)c2ccccc2)N(CC(=O)Nc2cccc(F)c2)S(=O)(=O)c2ccccc21. The molecule has 1 aliphatic heterocycles. The number of rotatable bonds is 6. The van der Waals surface area contributed by atoms with Gasteiger partial charge in [0, 0.05) is 16.8 Å². The Hall–Kier alpha value is -3.98. The summed E-state index contributed by atoms with van der Waals surface area (Å²) in [5.74, 6) is -1.90. The zero-order valence-corrected chi connectivity index (χ0v) is 18.3. The Balaban J connectivity index is 1.82. The molecule has 0 fully saturated rings. The van der Waals surface area contributed by atoms with Crippen molar-refractivity contribution in [3.05, 3.63) is 102 Å². The van der Waals surface area contributed by atoms with Gasteiger partial charge in [-0.15, -0.1) is 0 Å². The lowest BCUT2D eigenvalue weighted by molar-refractivity contribution is -0.116. The molecule has 3 aromatic carbocycles. The van der Waals surface area contributed by atoms with Crippen LogP contribution in [0.4, 0.5) is 10.1 Å². The average molecular weight is 466 g/mol. The van der Waals surface area contributed by atoms with Crippen LogP contribution < -0.4 is 5.32 Å². The van der Waals surface area contributed by atoms with E-state index in [2.05, 4.69) is 5.32 Å². The van der Waals surface area contributed by atoms with Gasteiger partial charge < -0.3 is 10.1 Å². The summed E-state index contributed by atoms with van der Waals surface area (Å²) in [5, 5.41) is 2.46. The maximum atomic E-state index is 13.5. The highest BCUT2D eigenvalue weighted by atomic mass is 32.2. The molecule has 9 heteroatoms. The minimum absolute atomic E-state index is 0.0350. The fourth-order valence-corrected chi connectivity index (χ4v) is 5.19. The third kappa shape index (κ3) is 4.22. The fraction of sp³-hybridized carbons (Fsp3) is 0.0833. The molecule has 0 unspecified atom stereocenters.